The maximum atomic E-state index is 13.1. The largest absolute Gasteiger partial charge is 0.381 e. The summed E-state index contributed by atoms with van der Waals surface area (Å²) in [5, 5.41) is 0.322. The van der Waals surface area contributed by atoms with Crippen LogP contribution in [0.5, 0.6) is 0 Å². The van der Waals surface area contributed by atoms with Crippen LogP contribution in [0.15, 0.2) is 65.6 Å². The summed E-state index contributed by atoms with van der Waals surface area (Å²) in [6.07, 6.45) is 1.78. The van der Waals surface area contributed by atoms with Crippen molar-refractivity contribution in [1.29, 1.82) is 0 Å². The molecular formula is C25H25ClN2O4S. The van der Waals surface area contributed by atoms with Crippen LogP contribution in [0.4, 0.5) is 5.69 Å². The average molecular weight is 485 g/mol. The van der Waals surface area contributed by atoms with Crippen molar-refractivity contribution in [2.24, 2.45) is 0 Å². The van der Waals surface area contributed by atoms with Crippen LogP contribution in [0.25, 0.3) is 0 Å². The third kappa shape index (κ3) is 5.11. The molecule has 1 fully saturated rings. The highest BCUT2D eigenvalue weighted by atomic mass is 35.5. The summed E-state index contributed by atoms with van der Waals surface area (Å²) in [5.41, 5.74) is 2.22. The van der Waals surface area contributed by atoms with Crippen molar-refractivity contribution >= 4 is 33.1 Å². The van der Waals surface area contributed by atoms with E-state index in [1.165, 1.54) is 18.2 Å². The Labute approximate surface area is 199 Å². The normalized spacial score (nSPS) is 15.7. The molecule has 0 spiro atoms. The number of ether oxygens (including phenoxy) is 1. The topological polar surface area (TPSA) is 85.4 Å². The lowest BCUT2D eigenvalue weighted by Crippen LogP contribution is -2.30. The van der Waals surface area contributed by atoms with E-state index < -0.39 is 15.8 Å². The Hall–Kier alpha value is -2.74. The van der Waals surface area contributed by atoms with Crippen LogP contribution >= 0.6 is 11.6 Å². The van der Waals surface area contributed by atoms with Crippen molar-refractivity contribution in [1.82, 2.24) is 4.98 Å². The maximum Gasteiger partial charge on any atom is 0.261 e. The highest BCUT2D eigenvalue weighted by Crippen LogP contribution is 2.35. The molecule has 1 aliphatic rings. The van der Waals surface area contributed by atoms with Crippen LogP contribution in [0.1, 0.15) is 47.1 Å². The molecule has 1 aromatic heterocycles. The molecule has 0 saturated carbocycles. The molecule has 33 heavy (non-hydrogen) atoms. The van der Waals surface area contributed by atoms with Gasteiger partial charge in [-0.3, -0.25) is 9.52 Å². The van der Waals surface area contributed by atoms with Gasteiger partial charge in [-0.05, 0) is 73.2 Å². The molecule has 2 heterocycles. The second-order valence-corrected chi connectivity index (χ2v) is 10.6. The Bertz CT molecular complexity index is 1280. The number of anilines is 1. The summed E-state index contributed by atoms with van der Waals surface area (Å²) in [7, 11) is -3.93. The lowest BCUT2D eigenvalue weighted by Gasteiger charge is -2.34. The molecular weight excluding hydrogens is 460 g/mol. The van der Waals surface area contributed by atoms with Crippen LogP contribution in [0.2, 0.25) is 5.02 Å². The molecule has 4 rings (SSSR count). The first kappa shape index (κ1) is 23.4. The van der Waals surface area contributed by atoms with Gasteiger partial charge in [0.05, 0.1) is 10.6 Å². The van der Waals surface area contributed by atoms with E-state index in [1.807, 2.05) is 12.1 Å². The molecule has 2 aromatic carbocycles. The van der Waals surface area contributed by atoms with E-state index in [0.29, 0.717) is 23.9 Å². The van der Waals surface area contributed by atoms with Gasteiger partial charge in [0.1, 0.15) is 5.69 Å². The molecule has 172 valence electrons. The van der Waals surface area contributed by atoms with Crippen molar-refractivity contribution in [2.75, 3.05) is 17.9 Å². The predicted octanol–water partition coefficient (Wildman–Crippen LogP) is 5.14. The number of carbonyl (C=O) groups excluding carboxylic acids is 1. The molecule has 0 atom stereocenters. The number of carbonyl (C=O) groups is 1. The smallest absolute Gasteiger partial charge is 0.261 e. The van der Waals surface area contributed by atoms with Gasteiger partial charge in [0.2, 0.25) is 5.78 Å². The Morgan fingerprint density at radius 2 is 1.76 bits per heavy atom. The van der Waals surface area contributed by atoms with Crippen molar-refractivity contribution in [3.05, 3.63) is 88.2 Å². The lowest BCUT2D eigenvalue weighted by atomic mass is 9.76. The number of nitrogens with zero attached hydrogens (tertiary/aromatic N) is 1. The van der Waals surface area contributed by atoms with E-state index in [4.69, 9.17) is 16.3 Å². The molecule has 8 heteroatoms. The minimum atomic E-state index is -3.93. The average Bonchev–Trinajstić information content (AvgIpc) is 2.80. The molecule has 1 saturated heterocycles. The first-order chi connectivity index (χ1) is 15.7. The maximum absolute atomic E-state index is 13.1. The number of aromatic nitrogens is 1. The fourth-order valence-corrected chi connectivity index (χ4v) is 5.20. The number of aryl methyl sites for hydroxylation is 1. The third-order valence-electron chi connectivity index (χ3n) is 6.05. The summed E-state index contributed by atoms with van der Waals surface area (Å²) in [6, 6.07) is 16.5. The van der Waals surface area contributed by atoms with E-state index in [2.05, 4.69) is 16.6 Å². The number of benzene rings is 2. The second kappa shape index (κ2) is 9.25. The third-order valence-corrected chi connectivity index (χ3v) is 7.67. The van der Waals surface area contributed by atoms with Gasteiger partial charge in [0.25, 0.3) is 10.0 Å². The number of nitrogens with one attached hydrogen (secondary N) is 1. The van der Waals surface area contributed by atoms with Crippen LogP contribution in [0.3, 0.4) is 0 Å². The molecule has 3 aromatic rings. The van der Waals surface area contributed by atoms with Crippen molar-refractivity contribution in [2.45, 2.75) is 37.0 Å². The van der Waals surface area contributed by atoms with Gasteiger partial charge in [-0.1, -0.05) is 36.7 Å². The van der Waals surface area contributed by atoms with E-state index in [-0.39, 0.29) is 27.3 Å². The van der Waals surface area contributed by atoms with Crippen molar-refractivity contribution in [3.8, 4) is 0 Å². The SMILES string of the molecule is Cc1cccc(C(=O)c2cc(Cl)ccc2NS(=O)(=O)c2ccc(C3(C)CCOCC3)cc2)n1. The van der Waals surface area contributed by atoms with Gasteiger partial charge < -0.3 is 4.74 Å². The molecule has 1 N–H and O–H groups in total. The number of hydrogen-bond acceptors (Lipinski definition) is 5. The van der Waals surface area contributed by atoms with Gasteiger partial charge in [0.15, 0.2) is 0 Å². The van der Waals surface area contributed by atoms with E-state index >= 15 is 0 Å². The number of pyridine rings is 1. The highest BCUT2D eigenvalue weighted by Gasteiger charge is 2.30. The van der Waals surface area contributed by atoms with Gasteiger partial charge in [0, 0.05) is 29.5 Å². The van der Waals surface area contributed by atoms with Crippen molar-refractivity contribution in [3.63, 3.8) is 0 Å². The standard InChI is InChI=1S/C25H25ClN2O4S/c1-17-4-3-5-23(27-17)24(29)21-16-19(26)8-11-22(21)28-33(30,31)20-9-6-18(7-10-20)25(2)12-14-32-15-13-25/h3-11,16,28H,12-15H2,1-2H3. The monoisotopic (exact) mass is 484 g/mol. The zero-order valence-electron chi connectivity index (χ0n) is 18.5. The van der Waals surface area contributed by atoms with Crippen LogP contribution in [-0.2, 0) is 20.2 Å². The number of halogens is 1. The predicted molar refractivity (Wildman–Crippen MR) is 129 cm³/mol. The summed E-state index contributed by atoms with van der Waals surface area (Å²) in [5.74, 6) is -0.415. The Balaban J connectivity index is 1.63. The highest BCUT2D eigenvalue weighted by molar-refractivity contribution is 7.92. The number of ketones is 1. The molecule has 0 radical (unpaired) electrons. The molecule has 1 aliphatic heterocycles. The van der Waals surface area contributed by atoms with E-state index in [9.17, 15) is 13.2 Å². The Morgan fingerprint density at radius 3 is 2.42 bits per heavy atom. The zero-order chi connectivity index (χ0) is 23.6. The summed E-state index contributed by atoms with van der Waals surface area (Å²) >= 11 is 6.11. The first-order valence-corrected chi connectivity index (χ1v) is 12.5. The Kier molecular flexibility index (Phi) is 6.56. The van der Waals surface area contributed by atoms with E-state index in [0.717, 1.165) is 18.4 Å². The second-order valence-electron chi connectivity index (χ2n) is 8.49. The van der Waals surface area contributed by atoms with Gasteiger partial charge >= 0.3 is 0 Å². The van der Waals surface area contributed by atoms with Gasteiger partial charge in [-0.25, -0.2) is 13.4 Å². The zero-order valence-corrected chi connectivity index (χ0v) is 20.0. The molecule has 0 unspecified atom stereocenters. The van der Waals surface area contributed by atoms with Crippen LogP contribution in [0, 0.1) is 6.92 Å². The minimum absolute atomic E-state index is 0.0371. The minimum Gasteiger partial charge on any atom is -0.381 e. The van der Waals surface area contributed by atoms with E-state index in [1.54, 1.807) is 37.3 Å². The number of rotatable bonds is 6. The van der Waals surface area contributed by atoms with Crippen LogP contribution < -0.4 is 4.72 Å². The first-order valence-electron chi connectivity index (χ1n) is 10.7. The lowest BCUT2D eigenvalue weighted by molar-refractivity contribution is 0.0564. The molecule has 0 bridgehead atoms. The van der Waals surface area contributed by atoms with Crippen LogP contribution in [-0.4, -0.2) is 32.4 Å². The van der Waals surface area contributed by atoms with Gasteiger partial charge in [-0.2, -0.15) is 0 Å². The fraction of sp³-hybridized carbons (Fsp3) is 0.280. The Morgan fingerprint density at radius 1 is 1.06 bits per heavy atom. The number of sulfonamides is 1. The fourth-order valence-electron chi connectivity index (χ4n) is 3.95. The molecule has 0 amide bonds. The summed E-state index contributed by atoms with van der Waals surface area (Å²) in [6.45, 7) is 5.34. The molecule has 0 aliphatic carbocycles. The molecule has 6 nitrogen and oxygen atoms in total. The summed E-state index contributed by atoms with van der Waals surface area (Å²) in [4.78, 5) is 17.5. The van der Waals surface area contributed by atoms with Gasteiger partial charge in [-0.15, -0.1) is 0 Å². The van der Waals surface area contributed by atoms with Crippen molar-refractivity contribution < 1.29 is 17.9 Å². The summed E-state index contributed by atoms with van der Waals surface area (Å²) < 4.78 is 34.3. The number of hydrogen-bond donors (Lipinski definition) is 1. The quantitative estimate of drug-likeness (QED) is 0.489.